The van der Waals surface area contributed by atoms with Crippen molar-refractivity contribution in [2.24, 2.45) is 0 Å². The second-order valence-electron chi connectivity index (χ2n) is 32.0. The lowest BCUT2D eigenvalue weighted by Gasteiger charge is -2.25. The molecule has 0 atom stereocenters. The van der Waals surface area contributed by atoms with E-state index in [1.807, 2.05) is 48.5 Å². The second-order valence-corrected chi connectivity index (χ2v) is 32.0. The zero-order valence-electron chi connectivity index (χ0n) is 70.0. The number of hydrogen-bond donors (Lipinski definition) is 5. The highest BCUT2D eigenvalue weighted by molar-refractivity contribution is 6.04. The Bertz CT molecular complexity index is 7720. The number of anilines is 3. The van der Waals surface area contributed by atoms with Gasteiger partial charge in [-0.05, 0) is 263 Å². The van der Waals surface area contributed by atoms with Crippen molar-refractivity contribution >= 4 is 116 Å². The molecule has 130 heavy (non-hydrogen) atoms. The van der Waals surface area contributed by atoms with E-state index in [0.717, 1.165) is 224 Å². The summed E-state index contributed by atoms with van der Waals surface area (Å²) in [5, 5.41) is 9.53. The number of nitrogens with one attached hydrogen (secondary N) is 4. The van der Waals surface area contributed by atoms with E-state index in [2.05, 4.69) is 412 Å². The number of carbonyl (C=O) groups is 1. The number of H-pyrrole nitrogens is 4. The molecule has 5 N–H and O–H groups in total. The number of rotatable bonds is 12. The Labute approximate surface area is 750 Å². The van der Waals surface area contributed by atoms with E-state index in [9.17, 15) is 9.90 Å². The molecule has 4 aliphatic heterocycles. The highest BCUT2D eigenvalue weighted by Gasteiger charge is 2.24. The van der Waals surface area contributed by atoms with Crippen LogP contribution in [0.2, 0.25) is 0 Å². The summed E-state index contributed by atoms with van der Waals surface area (Å²) in [5.41, 5.74) is 38.0. The van der Waals surface area contributed by atoms with Crippen LogP contribution in [-0.4, -0.2) is 50.9 Å². The van der Waals surface area contributed by atoms with Gasteiger partial charge in [0.2, 0.25) is 0 Å². The van der Waals surface area contributed by atoms with E-state index in [4.69, 9.17) is 19.9 Å². The molecule has 608 valence electrons. The van der Waals surface area contributed by atoms with Gasteiger partial charge >= 0.3 is 5.97 Å². The molecule has 18 aromatic rings. The minimum Gasteiger partial charge on any atom is -0.478 e. The van der Waals surface area contributed by atoms with Crippen molar-refractivity contribution in [1.29, 1.82) is 0 Å². The predicted molar refractivity (Wildman–Crippen MR) is 534 cm³/mol. The van der Waals surface area contributed by atoms with Gasteiger partial charge in [0.1, 0.15) is 0 Å². The number of aromatic nitrogens is 8. The van der Waals surface area contributed by atoms with Crippen LogP contribution in [0.15, 0.2) is 376 Å². The average Bonchev–Trinajstić information content (AvgIpc) is 1.62. The maximum Gasteiger partial charge on any atom is 0.335 e. The third-order valence-corrected chi connectivity index (χ3v) is 23.8. The zero-order valence-corrected chi connectivity index (χ0v) is 70.0. The molecule has 0 aliphatic carbocycles. The van der Waals surface area contributed by atoms with E-state index in [-0.39, 0.29) is 5.56 Å². The van der Waals surface area contributed by atoms with Crippen LogP contribution < -0.4 is 4.90 Å². The average molecular weight is 1660 g/mol. The maximum atomic E-state index is 11.6. The first kappa shape index (κ1) is 77.8. The molecular formula is C119H75N9O2. The van der Waals surface area contributed by atoms with E-state index >= 15 is 0 Å². The molecule has 16 bridgehead atoms. The Balaban J connectivity index is 0.591. The fourth-order valence-corrected chi connectivity index (χ4v) is 17.6. The van der Waals surface area contributed by atoms with Crippen LogP contribution in [0.25, 0.3) is 182 Å². The largest absolute Gasteiger partial charge is 0.478 e. The van der Waals surface area contributed by atoms with Crippen molar-refractivity contribution in [3.8, 4) is 125 Å². The SMILES string of the molecule is O=C(O)c1ccc(C#Cc2ccc(N(c3ccc(C#Cc4ccc(-c5c6nc(c(-c7ccccc7)c7ccc([nH]7)c(-c7ccccc7)c7nc(c(-c8ccccc8)c8ccc5[nH]8)C=C7)C=C6)cc4)cc3)c3ccc(C#Cc4ccc(-c5c6nc(c(-c7ccccc7)c7ccc([nH]7)c(-c7ccccc7)c7nc(c(-c8ccccc8)c8ccc5[nH]8)C=C7)C=C6)cc4)cc3)cc2)cc1. The lowest BCUT2D eigenvalue weighted by atomic mass is 10.0. The van der Waals surface area contributed by atoms with Crippen LogP contribution in [0.4, 0.5) is 17.1 Å². The minimum atomic E-state index is -0.983. The first-order valence-electron chi connectivity index (χ1n) is 43.1. The number of aromatic carboxylic acids is 1. The van der Waals surface area contributed by atoms with Crippen LogP contribution in [-0.2, 0) is 0 Å². The molecule has 10 heterocycles. The van der Waals surface area contributed by atoms with Crippen molar-refractivity contribution < 1.29 is 9.90 Å². The van der Waals surface area contributed by atoms with E-state index in [1.54, 1.807) is 24.3 Å². The fourth-order valence-electron chi connectivity index (χ4n) is 17.6. The lowest BCUT2D eigenvalue weighted by Crippen LogP contribution is -2.10. The van der Waals surface area contributed by atoms with E-state index < -0.39 is 5.97 Å². The highest BCUT2D eigenvalue weighted by atomic mass is 16.4. The summed E-state index contributed by atoms with van der Waals surface area (Å²) in [6, 6.07) is 128. The molecule has 6 aromatic heterocycles. The van der Waals surface area contributed by atoms with Gasteiger partial charge in [-0.15, -0.1) is 0 Å². The quantitative estimate of drug-likeness (QED) is 0.0763. The van der Waals surface area contributed by atoms with Gasteiger partial charge < -0.3 is 29.9 Å². The van der Waals surface area contributed by atoms with Gasteiger partial charge in [0, 0.05) is 139 Å². The van der Waals surface area contributed by atoms with Crippen molar-refractivity contribution in [2.75, 3.05) is 4.90 Å². The van der Waals surface area contributed by atoms with Gasteiger partial charge in [-0.3, -0.25) is 0 Å². The number of aromatic amines is 4. The Hall–Kier alpha value is -18.2. The third kappa shape index (κ3) is 15.6. The number of hydrogen-bond acceptors (Lipinski definition) is 6. The van der Waals surface area contributed by atoms with E-state index in [1.165, 1.54) is 0 Å². The summed E-state index contributed by atoms with van der Waals surface area (Å²) in [5.74, 6) is 19.5. The summed E-state index contributed by atoms with van der Waals surface area (Å²) >= 11 is 0. The van der Waals surface area contributed by atoms with Gasteiger partial charge in [0.25, 0.3) is 0 Å². The highest BCUT2D eigenvalue weighted by Crippen LogP contribution is 2.44. The topological polar surface area (TPSA) is 155 Å². The summed E-state index contributed by atoms with van der Waals surface area (Å²) in [7, 11) is 0. The van der Waals surface area contributed by atoms with Crippen LogP contribution in [0.5, 0.6) is 0 Å². The van der Waals surface area contributed by atoms with Gasteiger partial charge in [-0.2, -0.15) is 0 Å². The van der Waals surface area contributed by atoms with E-state index in [0.29, 0.717) is 5.56 Å². The van der Waals surface area contributed by atoms with Gasteiger partial charge in [-0.1, -0.05) is 242 Å². The number of nitrogens with zero attached hydrogens (tertiary/aromatic N) is 5. The molecule has 22 rings (SSSR count). The molecule has 0 spiro atoms. The molecule has 0 saturated carbocycles. The van der Waals surface area contributed by atoms with Gasteiger partial charge in [-0.25, -0.2) is 24.7 Å². The van der Waals surface area contributed by atoms with Gasteiger partial charge in [0.05, 0.1) is 51.1 Å². The molecule has 0 radical (unpaired) electrons. The summed E-state index contributed by atoms with van der Waals surface area (Å²) < 4.78 is 0. The molecule has 0 fully saturated rings. The first-order valence-corrected chi connectivity index (χ1v) is 43.1. The molecule has 11 nitrogen and oxygen atoms in total. The Morgan fingerprint density at radius 3 is 0.538 bits per heavy atom. The normalized spacial score (nSPS) is 11.6. The lowest BCUT2D eigenvalue weighted by molar-refractivity contribution is 0.0696. The Morgan fingerprint density at radius 2 is 0.362 bits per heavy atom. The van der Waals surface area contributed by atoms with Crippen LogP contribution in [0.3, 0.4) is 0 Å². The summed E-state index contributed by atoms with van der Waals surface area (Å²) in [4.78, 5) is 51.4. The number of benzene rings is 12. The summed E-state index contributed by atoms with van der Waals surface area (Å²) in [6.45, 7) is 0. The molecule has 0 amide bonds. The van der Waals surface area contributed by atoms with Crippen LogP contribution in [0.1, 0.15) is 89.3 Å². The van der Waals surface area contributed by atoms with Crippen LogP contribution >= 0.6 is 0 Å². The molecule has 12 aromatic carbocycles. The summed E-state index contributed by atoms with van der Waals surface area (Å²) in [6.07, 6.45) is 17.0. The van der Waals surface area contributed by atoms with Crippen molar-refractivity contribution in [3.63, 3.8) is 0 Å². The number of carboxylic acid groups (broad SMARTS) is 1. The number of carboxylic acids is 1. The van der Waals surface area contributed by atoms with Crippen molar-refractivity contribution in [3.05, 3.63) is 461 Å². The minimum absolute atomic E-state index is 0.208. The molecule has 0 unspecified atom stereocenters. The fraction of sp³-hybridized carbons (Fsp3) is 0. The van der Waals surface area contributed by atoms with Crippen molar-refractivity contribution in [2.45, 2.75) is 0 Å². The smallest absolute Gasteiger partial charge is 0.335 e. The maximum absolute atomic E-state index is 11.6. The Morgan fingerprint density at radius 1 is 0.200 bits per heavy atom. The van der Waals surface area contributed by atoms with Crippen molar-refractivity contribution in [1.82, 2.24) is 39.9 Å². The predicted octanol–water partition coefficient (Wildman–Crippen LogP) is 28.3. The van der Waals surface area contributed by atoms with Crippen LogP contribution in [0, 0.1) is 35.5 Å². The molecule has 11 heteroatoms. The first-order chi connectivity index (χ1) is 64.2. The molecule has 4 aliphatic rings. The molecular weight excluding hydrogens is 1590 g/mol. The molecule has 0 saturated heterocycles. The second kappa shape index (κ2) is 34.1. The number of fused-ring (bicyclic) bond motifs is 16. The Kier molecular flexibility index (Phi) is 20.4. The monoisotopic (exact) mass is 1660 g/mol. The standard InChI is InChI=1S/C119H75N9O2/c129-119(130)91-53-41-79(42-54-91)33-36-82-47-59-94(60-48-82)128(92-55-43-80(44-56-92)34-31-77-37-49-89(50-38-77)117-107-73-69-103(124-107)113(85-23-11-3-12-24-85)99-65-61-95(120-99)111(83-19-7-1-8-20-83)96-62-66-100(121-96)114(86-25-13-4-14-26-86)104-70-74-108(117)125-104)93-57-45-81(46-58-93)35-32-78-39-51-90(52-40-78)118-109-75-71-105(126-109)115(87-27-15-5-16-28-87)101-67-63-97(122-101)112(84-21-9-2-10-22-84)98-64-68-102(123-98)116(88-29-17-6-18-30-88)106-72-76-110(118)127-106/h1-30,37-76,120,122,125,127H,(H,129,130). The zero-order chi connectivity index (χ0) is 86.8. The third-order valence-electron chi connectivity index (χ3n) is 23.8. The van der Waals surface area contributed by atoms with Gasteiger partial charge in [0.15, 0.2) is 0 Å².